The van der Waals surface area contributed by atoms with Crippen LogP contribution < -0.4 is 15.8 Å². The van der Waals surface area contributed by atoms with Gasteiger partial charge in [0.05, 0.1) is 12.2 Å². The van der Waals surface area contributed by atoms with E-state index in [1.807, 2.05) is 32.9 Å². The molecule has 1 unspecified atom stereocenters. The maximum Gasteiger partial charge on any atom is 0.123 e. The van der Waals surface area contributed by atoms with Crippen molar-refractivity contribution in [2.45, 2.75) is 39.4 Å². The molecule has 0 aromatic heterocycles. The Kier molecular flexibility index (Phi) is 5.10. The number of benzene rings is 1. The van der Waals surface area contributed by atoms with E-state index in [2.05, 4.69) is 5.32 Å². The van der Waals surface area contributed by atoms with Gasteiger partial charge in [-0.2, -0.15) is 0 Å². The zero-order chi connectivity index (χ0) is 12.8. The zero-order valence-corrected chi connectivity index (χ0v) is 10.7. The fraction of sp³-hybridized carbons (Fsp3) is 0.538. The van der Waals surface area contributed by atoms with Crippen molar-refractivity contribution in [3.8, 4) is 5.75 Å². The Morgan fingerprint density at radius 1 is 1.35 bits per heavy atom. The van der Waals surface area contributed by atoms with E-state index >= 15 is 0 Å². The number of anilines is 2. The summed E-state index contributed by atoms with van der Waals surface area (Å²) in [4.78, 5) is 0. The number of rotatable bonds is 6. The van der Waals surface area contributed by atoms with Crippen LogP contribution in [0.25, 0.3) is 0 Å². The van der Waals surface area contributed by atoms with Crippen LogP contribution in [-0.2, 0) is 0 Å². The fourth-order valence-electron chi connectivity index (χ4n) is 1.44. The summed E-state index contributed by atoms with van der Waals surface area (Å²) in [5, 5.41) is 12.6. The van der Waals surface area contributed by atoms with Crippen molar-refractivity contribution in [1.82, 2.24) is 0 Å². The van der Waals surface area contributed by atoms with Crippen molar-refractivity contribution in [3.05, 3.63) is 18.2 Å². The van der Waals surface area contributed by atoms with Gasteiger partial charge in [0.1, 0.15) is 5.75 Å². The second-order valence-corrected chi connectivity index (χ2v) is 4.40. The lowest BCUT2D eigenvalue weighted by Crippen LogP contribution is -2.18. The molecule has 1 aromatic carbocycles. The molecule has 0 aliphatic carbocycles. The van der Waals surface area contributed by atoms with Crippen molar-refractivity contribution in [2.24, 2.45) is 0 Å². The summed E-state index contributed by atoms with van der Waals surface area (Å²) >= 11 is 0. The molecular formula is C13H22N2O2. The predicted molar refractivity (Wildman–Crippen MR) is 71.4 cm³/mol. The molecule has 0 fully saturated rings. The van der Waals surface area contributed by atoms with Gasteiger partial charge in [-0.25, -0.2) is 0 Å². The highest BCUT2D eigenvalue weighted by Gasteiger charge is 2.04. The molecule has 0 amide bonds. The lowest BCUT2D eigenvalue weighted by atomic mass is 10.2. The first-order chi connectivity index (χ1) is 8.01. The molecule has 0 radical (unpaired) electrons. The van der Waals surface area contributed by atoms with Gasteiger partial charge in [-0.3, -0.25) is 0 Å². The molecule has 4 N–H and O–H groups in total. The SMILES string of the molecule is CCC(O)CNc1cc(N)cc(OC(C)C)c1. The Morgan fingerprint density at radius 3 is 2.65 bits per heavy atom. The van der Waals surface area contributed by atoms with Crippen LogP contribution in [0.5, 0.6) is 5.75 Å². The van der Waals surface area contributed by atoms with E-state index in [0.29, 0.717) is 12.2 Å². The lowest BCUT2D eigenvalue weighted by Gasteiger charge is -2.14. The molecule has 0 aliphatic heterocycles. The highest BCUT2D eigenvalue weighted by atomic mass is 16.5. The quantitative estimate of drug-likeness (QED) is 0.665. The van der Waals surface area contributed by atoms with Crippen LogP contribution in [0.2, 0.25) is 0 Å². The zero-order valence-electron chi connectivity index (χ0n) is 10.7. The van der Waals surface area contributed by atoms with Crippen LogP contribution in [0, 0.1) is 0 Å². The van der Waals surface area contributed by atoms with Crippen molar-refractivity contribution in [2.75, 3.05) is 17.6 Å². The predicted octanol–water partition coefficient (Wildman–Crippen LogP) is 2.24. The maximum atomic E-state index is 9.48. The highest BCUT2D eigenvalue weighted by molar-refractivity contribution is 5.59. The molecule has 17 heavy (non-hydrogen) atoms. The van der Waals surface area contributed by atoms with Gasteiger partial charge in [-0.05, 0) is 26.3 Å². The van der Waals surface area contributed by atoms with Gasteiger partial charge in [0.15, 0.2) is 0 Å². The van der Waals surface area contributed by atoms with Gasteiger partial charge in [0.25, 0.3) is 0 Å². The minimum atomic E-state index is -0.342. The second kappa shape index (κ2) is 6.35. The number of hydrogen-bond donors (Lipinski definition) is 3. The minimum Gasteiger partial charge on any atom is -0.491 e. The largest absolute Gasteiger partial charge is 0.491 e. The van der Waals surface area contributed by atoms with E-state index in [-0.39, 0.29) is 12.2 Å². The van der Waals surface area contributed by atoms with E-state index in [9.17, 15) is 5.11 Å². The van der Waals surface area contributed by atoms with Crippen molar-refractivity contribution >= 4 is 11.4 Å². The minimum absolute atomic E-state index is 0.117. The van der Waals surface area contributed by atoms with Gasteiger partial charge in [-0.15, -0.1) is 0 Å². The molecule has 1 atom stereocenters. The Labute approximate surface area is 103 Å². The standard InChI is InChI=1S/C13H22N2O2/c1-4-12(16)8-15-11-5-10(14)6-13(7-11)17-9(2)3/h5-7,9,12,15-16H,4,8,14H2,1-3H3. The van der Waals surface area contributed by atoms with E-state index < -0.39 is 0 Å². The first-order valence-electron chi connectivity index (χ1n) is 6.00. The second-order valence-electron chi connectivity index (χ2n) is 4.40. The van der Waals surface area contributed by atoms with E-state index in [4.69, 9.17) is 10.5 Å². The average Bonchev–Trinajstić information content (AvgIpc) is 2.24. The molecule has 1 rings (SSSR count). The molecule has 0 heterocycles. The lowest BCUT2D eigenvalue weighted by molar-refractivity contribution is 0.183. The summed E-state index contributed by atoms with van der Waals surface area (Å²) in [5.41, 5.74) is 7.31. The van der Waals surface area contributed by atoms with Crippen LogP contribution in [0.3, 0.4) is 0 Å². The third-order valence-electron chi connectivity index (χ3n) is 2.31. The smallest absolute Gasteiger partial charge is 0.123 e. The first-order valence-corrected chi connectivity index (χ1v) is 6.00. The van der Waals surface area contributed by atoms with Gasteiger partial charge in [0.2, 0.25) is 0 Å². The number of nitrogen functional groups attached to an aromatic ring is 1. The molecule has 1 aromatic rings. The number of ether oxygens (including phenoxy) is 1. The summed E-state index contributed by atoms with van der Waals surface area (Å²) < 4.78 is 5.59. The molecule has 4 heteroatoms. The fourth-order valence-corrected chi connectivity index (χ4v) is 1.44. The molecule has 96 valence electrons. The van der Waals surface area contributed by atoms with E-state index in [1.165, 1.54) is 0 Å². The Bertz CT molecular complexity index is 353. The summed E-state index contributed by atoms with van der Waals surface area (Å²) in [6, 6.07) is 5.51. The van der Waals surface area contributed by atoms with Crippen LogP contribution in [0.1, 0.15) is 27.2 Å². The molecular weight excluding hydrogens is 216 g/mol. The van der Waals surface area contributed by atoms with Crippen LogP contribution in [0.4, 0.5) is 11.4 Å². The maximum absolute atomic E-state index is 9.48. The van der Waals surface area contributed by atoms with Crippen molar-refractivity contribution in [1.29, 1.82) is 0 Å². The molecule has 0 saturated carbocycles. The Balaban J connectivity index is 2.68. The normalized spacial score (nSPS) is 12.5. The number of aliphatic hydroxyl groups excluding tert-OH is 1. The molecule has 0 aliphatic rings. The number of aliphatic hydroxyl groups is 1. The van der Waals surface area contributed by atoms with Gasteiger partial charge >= 0.3 is 0 Å². The molecule has 0 saturated heterocycles. The Morgan fingerprint density at radius 2 is 2.06 bits per heavy atom. The van der Waals surface area contributed by atoms with Crippen molar-refractivity contribution in [3.63, 3.8) is 0 Å². The number of hydrogen-bond acceptors (Lipinski definition) is 4. The van der Waals surface area contributed by atoms with Crippen LogP contribution in [-0.4, -0.2) is 23.9 Å². The average molecular weight is 238 g/mol. The van der Waals surface area contributed by atoms with Gasteiger partial charge in [-0.1, -0.05) is 6.92 Å². The summed E-state index contributed by atoms with van der Waals surface area (Å²) in [5.74, 6) is 0.744. The van der Waals surface area contributed by atoms with Crippen LogP contribution in [0.15, 0.2) is 18.2 Å². The van der Waals surface area contributed by atoms with E-state index in [1.54, 1.807) is 6.07 Å². The monoisotopic (exact) mass is 238 g/mol. The topological polar surface area (TPSA) is 67.5 Å². The van der Waals surface area contributed by atoms with E-state index in [0.717, 1.165) is 17.9 Å². The summed E-state index contributed by atoms with van der Waals surface area (Å²) in [6.45, 7) is 6.40. The van der Waals surface area contributed by atoms with Crippen LogP contribution >= 0.6 is 0 Å². The third-order valence-corrected chi connectivity index (χ3v) is 2.31. The third kappa shape index (κ3) is 4.95. The van der Waals surface area contributed by atoms with Crippen molar-refractivity contribution < 1.29 is 9.84 Å². The summed E-state index contributed by atoms with van der Waals surface area (Å²) in [7, 11) is 0. The van der Waals surface area contributed by atoms with Gasteiger partial charge < -0.3 is 20.9 Å². The highest BCUT2D eigenvalue weighted by Crippen LogP contribution is 2.23. The van der Waals surface area contributed by atoms with Gasteiger partial charge in [0, 0.05) is 30.1 Å². The number of nitrogens with one attached hydrogen (secondary N) is 1. The Hall–Kier alpha value is -1.42. The molecule has 4 nitrogen and oxygen atoms in total. The molecule has 0 bridgehead atoms. The molecule has 0 spiro atoms. The first kappa shape index (κ1) is 13.6. The summed E-state index contributed by atoms with van der Waals surface area (Å²) in [6.07, 6.45) is 0.502. The number of nitrogens with two attached hydrogens (primary N) is 1.